The van der Waals surface area contributed by atoms with Crippen molar-refractivity contribution in [1.29, 1.82) is 0 Å². The lowest BCUT2D eigenvalue weighted by molar-refractivity contribution is -0.144. The Kier molecular flexibility index (Phi) is 17.3. The summed E-state index contributed by atoms with van der Waals surface area (Å²) in [7, 11) is 0. The summed E-state index contributed by atoms with van der Waals surface area (Å²) in [6, 6.07) is 12.0. The summed E-state index contributed by atoms with van der Waals surface area (Å²) in [5.41, 5.74) is 1.94. The van der Waals surface area contributed by atoms with Gasteiger partial charge in [-0.15, -0.1) is 0 Å². The standard InChI is InChI=1S/C41H57F3N2O2S/c1-2-3-4-5-6-7-8-9-10-11-12-13-14-15-16-23-40(47)48-32-31-46-29-27-45(28-30-46)26-19-21-35-36-20-17-18-22-38(36)49-39-25-24-34(33-37(35)39)41(42,43)44/h9-10,17-18,20-22,24-25,33H,2-8,11-16,19,23,26-32H2,1H3. The number of hydrogen-bond acceptors (Lipinski definition) is 5. The van der Waals surface area contributed by atoms with Crippen molar-refractivity contribution in [2.45, 2.75) is 119 Å². The van der Waals surface area contributed by atoms with Crippen LogP contribution in [0.1, 0.15) is 120 Å². The number of esters is 1. The monoisotopic (exact) mass is 698 g/mol. The first-order chi connectivity index (χ1) is 23.8. The summed E-state index contributed by atoms with van der Waals surface area (Å²) in [6.07, 6.45) is 19.9. The largest absolute Gasteiger partial charge is 0.464 e. The molecule has 0 unspecified atom stereocenters. The molecule has 0 aliphatic carbocycles. The average molecular weight is 699 g/mol. The molecule has 0 saturated carbocycles. The third-order valence-corrected chi connectivity index (χ3v) is 10.7. The topological polar surface area (TPSA) is 32.8 Å². The molecule has 2 aromatic carbocycles. The molecule has 0 atom stereocenters. The predicted molar refractivity (Wildman–Crippen MR) is 197 cm³/mol. The SMILES string of the molecule is CCCCCCCCC=CCCCCCCCC(=O)OCCN1CCN(CCC=C2c3ccccc3Sc3ccc(C(F)(F)F)cc32)CC1. The molecule has 0 N–H and O–H groups in total. The number of unbranched alkanes of at least 4 members (excludes halogenated alkanes) is 11. The normalized spacial score (nSPS) is 16.3. The Morgan fingerprint density at radius 1 is 0.755 bits per heavy atom. The molecule has 4 rings (SSSR count). The van der Waals surface area contributed by atoms with Crippen LogP contribution in [0.3, 0.4) is 0 Å². The minimum Gasteiger partial charge on any atom is -0.464 e. The van der Waals surface area contributed by atoms with Gasteiger partial charge in [-0.2, -0.15) is 13.2 Å². The number of carbonyl (C=O) groups is 1. The van der Waals surface area contributed by atoms with Gasteiger partial charge < -0.3 is 9.64 Å². The second-order valence-corrected chi connectivity index (χ2v) is 14.5. The first kappa shape index (κ1) is 39.2. The van der Waals surface area contributed by atoms with Gasteiger partial charge in [0.25, 0.3) is 0 Å². The van der Waals surface area contributed by atoms with Crippen molar-refractivity contribution in [2.75, 3.05) is 45.9 Å². The molecule has 2 aliphatic rings. The molecule has 4 nitrogen and oxygen atoms in total. The second kappa shape index (κ2) is 21.6. The molecule has 0 amide bonds. The predicted octanol–water partition coefficient (Wildman–Crippen LogP) is 11.2. The van der Waals surface area contributed by atoms with Gasteiger partial charge in [0.1, 0.15) is 6.61 Å². The van der Waals surface area contributed by atoms with Crippen LogP contribution in [0.25, 0.3) is 5.57 Å². The van der Waals surface area contributed by atoms with Gasteiger partial charge in [-0.05, 0) is 79.5 Å². The molecule has 0 aromatic heterocycles. The van der Waals surface area contributed by atoms with E-state index in [1.807, 2.05) is 24.3 Å². The summed E-state index contributed by atoms with van der Waals surface area (Å²) in [5.74, 6) is -0.0871. The molecule has 0 radical (unpaired) electrons. The van der Waals surface area contributed by atoms with Gasteiger partial charge in [-0.3, -0.25) is 9.69 Å². The summed E-state index contributed by atoms with van der Waals surface area (Å²) in [5, 5.41) is 0. The van der Waals surface area contributed by atoms with E-state index in [1.54, 1.807) is 6.07 Å². The fraction of sp³-hybridized carbons (Fsp3) is 0.585. The van der Waals surface area contributed by atoms with Crippen molar-refractivity contribution in [2.24, 2.45) is 0 Å². The molecule has 1 saturated heterocycles. The van der Waals surface area contributed by atoms with E-state index >= 15 is 0 Å². The third-order valence-electron chi connectivity index (χ3n) is 9.57. The Morgan fingerprint density at radius 2 is 1.37 bits per heavy atom. The summed E-state index contributed by atoms with van der Waals surface area (Å²) in [4.78, 5) is 18.9. The van der Waals surface area contributed by atoms with Crippen molar-refractivity contribution in [3.05, 3.63) is 77.4 Å². The van der Waals surface area contributed by atoms with Crippen LogP contribution < -0.4 is 0 Å². The Morgan fingerprint density at radius 3 is 2.06 bits per heavy atom. The molecular weight excluding hydrogens is 642 g/mol. The van der Waals surface area contributed by atoms with E-state index < -0.39 is 11.7 Å². The molecule has 1 fully saturated rings. The second-order valence-electron chi connectivity index (χ2n) is 13.5. The lowest BCUT2D eigenvalue weighted by Gasteiger charge is -2.34. The lowest BCUT2D eigenvalue weighted by atomic mass is 9.94. The Labute approximate surface area is 297 Å². The minimum atomic E-state index is -4.37. The fourth-order valence-electron chi connectivity index (χ4n) is 6.60. The summed E-state index contributed by atoms with van der Waals surface area (Å²) >= 11 is 1.53. The number of benzene rings is 2. The maximum atomic E-state index is 13.5. The van der Waals surface area contributed by atoms with Crippen LogP contribution in [0.5, 0.6) is 0 Å². The zero-order valence-electron chi connectivity index (χ0n) is 29.6. The number of ether oxygens (including phenoxy) is 1. The molecular formula is C41H57F3N2O2S. The molecule has 0 spiro atoms. The maximum absolute atomic E-state index is 13.5. The Balaban J connectivity index is 1.05. The van der Waals surface area contributed by atoms with Crippen LogP contribution in [0.4, 0.5) is 13.2 Å². The minimum absolute atomic E-state index is 0.0871. The molecule has 8 heteroatoms. The number of rotatable bonds is 21. The van der Waals surface area contributed by atoms with E-state index in [0.29, 0.717) is 18.6 Å². The number of allylic oxidation sites excluding steroid dienone is 2. The zero-order valence-corrected chi connectivity index (χ0v) is 30.4. The van der Waals surface area contributed by atoms with Crippen molar-refractivity contribution in [1.82, 2.24) is 9.80 Å². The molecule has 270 valence electrons. The molecule has 49 heavy (non-hydrogen) atoms. The summed E-state index contributed by atoms with van der Waals surface area (Å²) in [6.45, 7) is 7.98. The number of nitrogens with zero attached hydrogens (tertiary/aromatic N) is 2. The number of fused-ring (bicyclic) bond motifs is 2. The smallest absolute Gasteiger partial charge is 0.416 e. The van der Waals surface area contributed by atoms with Gasteiger partial charge in [0.2, 0.25) is 0 Å². The average Bonchev–Trinajstić information content (AvgIpc) is 3.09. The highest BCUT2D eigenvalue weighted by Gasteiger charge is 2.32. The number of hydrogen-bond donors (Lipinski definition) is 0. The van der Waals surface area contributed by atoms with Gasteiger partial charge >= 0.3 is 12.1 Å². The van der Waals surface area contributed by atoms with Crippen molar-refractivity contribution >= 4 is 23.3 Å². The van der Waals surface area contributed by atoms with Crippen molar-refractivity contribution < 1.29 is 22.7 Å². The molecule has 2 aliphatic heterocycles. The van der Waals surface area contributed by atoms with Gasteiger partial charge in [-0.25, -0.2) is 0 Å². The number of carbonyl (C=O) groups excluding carboxylic acids is 1. The van der Waals surface area contributed by atoms with Crippen LogP contribution >= 0.6 is 11.8 Å². The number of alkyl halides is 3. The van der Waals surface area contributed by atoms with Crippen molar-refractivity contribution in [3.63, 3.8) is 0 Å². The van der Waals surface area contributed by atoms with E-state index in [9.17, 15) is 18.0 Å². The highest BCUT2D eigenvalue weighted by molar-refractivity contribution is 7.99. The van der Waals surface area contributed by atoms with Gasteiger partial charge in [0, 0.05) is 55.5 Å². The van der Waals surface area contributed by atoms with Crippen molar-refractivity contribution in [3.8, 4) is 0 Å². The number of halogens is 3. The Hall–Kier alpha value is -2.55. The molecule has 2 heterocycles. The van der Waals surface area contributed by atoms with Gasteiger partial charge in [-0.1, -0.05) is 106 Å². The first-order valence-corrected chi connectivity index (χ1v) is 19.6. The van der Waals surface area contributed by atoms with E-state index in [0.717, 1.165) is 79.5 Å². The van der Waals surface area contributed by atoms with Crippen LogP contribution in [0.2, 0.25) is 0 Å². The molecule has 2 aromatic rings. The third kappa shape index (κ3) is 13.9. The number of piperazine rings is 1. The zero-order chi connectivity index (χ0) is 34.7. The van der Waals surface area contributed by atoms with Crippen LogP contribution in [-0.2, 0) is 15.7 Å². The highest BCUT2D eigenvalue weighted by atomic mass is 32.2. The van der Waals surface area contributed by atoms with E-state index in [4.69, 9.17) is 4.74 Å². The van der Waals surface area contributed by atoms with Crippen LogP contribution in [-0.4, -0.2) is 61.6 Å². The summed E-state index contributed by atoms with van der Waals surface area (Å²) < 4.78 is 46.1. The van der Waals surface area contributed by atoms with E-state index in [-0.39, 0.29) is 5.97 Å². The van der Waals surface area contributed by atoms with E-state index in [2.05, 4.69) is 35.0 Å². The van der Waals surface area contributed by atoms with Crippen LogP contribution in [0, 0.1) is 0 Å². The van der Waals surface area contributed by atoms with E-state index in [1.165, 1.54) is 94.5 Å². The van der Waals surface area contributed by atoms with Gasteiger partial charge in [0.05, 0.1) is 5.56 Å². The molecule has 0 bridgehead atoms. The Bertz CT molecular complexity index is 1330. The fourth-order valence-corrected chi connectivity index (χ4v) is 7.68. The first-order valence-electron chi connectivity index (χ1n) is 18.8. The lowest BCUT2D eigenvalue weighted by Crippen LogP contribution is -2.47. The van der Waals surface area contributed by atoms with Gasteiger partial charge in [0.15, 0.2) is 0 Å². The highest BCUT2D eigenvalue weighted by Crippen LogP contribution is 2.47. The maximum Gasteiger partial charge on any atom is 0.416 e. The quantitative estimate of drug-likeness (QED) is 0.0628. The van der Waals surface area contributed by atoms with Crippen LogP contribution in [0.15, 0.2) is 70.5 Å².